The van der Waals surface area contributed by atoms with Crippen LogP contribution in [-0.2, 0) is 24.9 Å². The third kappa shape index (κ3) is 8.33. The van der Waals surface area contributed by atoms with Gasteiger partial charge in [0.25, 0.3) is 5.91 Å². The Morgan fingerprint density at radius 2 is 1.67 bits per heavy atom. The van der Waals surface area contributed by atoms with E-state index in [0.717, 1.165) is 17.3 Å². The molecule has 0 aliphatic carbocycles. The molecule has 1 amide bonds. The van der Waals surface area contributed by atoms with Crippen LogP contribution in [0.15, 0.2) is 103 Å². The molecule has 0 fully saturated rings. The number of carbonyl (C=O) groups excluding carboxylic acids is 1. The van der Waals surface area contributed by atoms with Crippen LogP contribution in [0, 0.1) is 0 Å². The van der Waals surface area contributed by atoms with E-state index in [1.54, 1.807) is 19.1 Å². The van der Waals surface area contributed by atoms with Crippen molar-refractivity contribution < 1.29 is 37.7 Å². The fraction of sp³-hybridized carbons (Fsp3) is 0.222. The van der Waals surface area contributed by atoms with Crippen LogP contribution in [0.5, 0.6) is 17.2 Å². The smallest absolute Gasteiger partial charge is 0.434 e. The van der Waals surface area contributed by atoms with Crippen LogP contribution >= 0.6 is 0 Å². The summed E-state index contributed by atoms with van der Waals surface area (Å²) in [6, 6.07) is 27.8. The molecule has 48 heavy (non-hydrogen) atoms. The number of hydrogen-bond donors (Lipinski definition) is 5. The number of hydrogen-bond acceptors (Lipinski definition) is 7. The number of ether oxygens (including phenoxy) is 2. The molecule has 1 heterocycles. The number of benzene rings is 4. The molecule has 0 spiro atoms. The highest BCUT2D eigenvalue weighted by Crippen LogP contribution is 2.35. The van der Waals surface area contributed by atoms with Gasteiger partial charge in [0.15, 0.2) is 5.69 Å². The molecule has 4 aromatic carbocycles. The van der Waals surface area contributed by atoms with Crippen LogP contribution in [0.1, 0.15) is 46.1 Å². The molecule has 5 rings (SSSR count). The number of aromatic nitrogens is 2. The normalized spacial score (nSPS) is 13.4. The minimum absolute atomic E-state index is 0.0434. The van der Waals surface area contributed by atoms with Crippen molar-refractivity contribution in [2.24, 2.45) is 5.73 Å². The van der Waals surface area contributed by atoms with Gasteiger partial charge in [0, 0.05) is 30.3 Å². The standard InChI is InChI=1S/C36H35F3N4O5/c1-2-35(46,29-18-25(13-15-30(29)44)34-41-21-32(43-34)36(37,38)39)42-20-27(17-23-9-5-3-6-10-23)48-26-14-16-31(28(19-26)33(40)45)47-22-24-11-7-4-8-12-24/h3-16,18-19,21,27,42,44,46H,2,17,20,22H2,1H3,(H2,40,45)(H,41,43). The first-order valence-corrected chi connectivity index (χ1v) is 15.2. The van der Waals surface area contributed by atoms with Gasteiger partial charge in [0.2, 0.25) is 0 Å². The Bertz CT molecular complexity index is 1830. The number of amides is 1. The van der Waals surface area contributed by atoms with E-state index in [1.165, 1.54) is 24.3 Å². The number of H-pyrrole nitrogens is 1. The van der Waals surface area contributed by atoms with Crippen molar-refractivity contribution in [1.29, 1.82) is 0 Å². The lowest BCUT2D eigenvalue weighted by atomic mass is 9.96. The van der Waals surface area contributed by atoms with Crippen molar-refractivity contribution in [3.8, 4) is 28.6 Å². The molecule has 0 radical (unpaired) electrons. The van der Waals surface area contributed by atoms with E-state index in [0.29, 0.717) is 17.9 Å². The van der Waals surface area contributed by atoms with Gasteiger partial charge in [-0.15, -0.1) is 0 Å². The van der Waals surface area contributed by atoms with Gasteiger partial charge in [-0.3, -0.25) is 10.1 Å². The van der Waals surface area contributed by atoms with Crippen molar-refractivity contribution in [3.05, 3.63) is 131 Å². The average molecular weight is 661 g/mol. The number of phenols is 1. The predicted octanol–water partition coefficient (Wildman–Crippen LogP) is 6.31. The van der Waals surface area contributed by atoms with E-state index in [9.17, 15) is 28.2 Å². The van der Waals surface area contributed by atoms with Crippen LogP contribution in [0.3, 0.4) is 0 Å². The highest BCUT2D eigenvalue weighted by molar-refractivity contribution is 5.96. The number of imidazole rings is 1. The van der Waals surface area contributed by atoms with Crippen LogP contribution < -0.4 is 20.5 Å². The average Bonchev–Trinajstić information content (AvgIpc) is 3.59. The molecule has 5 aromatic rings. The van der Waals surface area contributed by atoms with Gasteiger partial charge in [-0.1, -0.05) is 67.6 Å². The number of nitrogens with two attached hydrogens (primary N) is 1. The Labute approximate surface area is 275 Å². The first kappa shape index (κ1) is 34.0. The number of nitrogens with zero attached hydrogens (tertiary/aromatic N) is 1. The molecule has 2 atom stereocenters. The minimum Gasteiger partial charge on any atom is -0.508 e. The number of aliphatic hydroxyl groups is 1. The van der Waals surface area contributed by atoms with Gasteiger partial charge in [0.1, 0.15) is 41.5 Å². The molecule has 6 N–H and O–H groups in total. The van der Waals surface area contributed by atoms with Crippen LogP contribution in [0.4, 0.5) is 13.2 Å². The summed E-state index contributed by atoms with van der Waals surface area (Å²) >= 11 is 0. The Morgan fingerprint density at radius 1 is 0.979 bits per heavy atom. The second-order valence-electron chi connectivity index (χ2n) is 11.2. The Kier molecular flexibility index (Phi) is 10.4. The maximum atomic E-state index is 13.2. The van der Waals surface area contributed by atoms with Gasteiger partial charge in [-0.2, -0.15) is 13.2 Å². The molecule has 250 valence electrons. The first-order chi connectivity index (χ1) is 22.9. The van der Waals surface area contributed by atoms with Crippen LogP contribution in [0.2, 0.25) is 0 Å². The van der Waals surface area contributed by atoms with E-state index in [2.05, 4.69) is 15.3 Å². The number of alkyl halides is 3. The molecule has 2 unspecified atom stereocenters. The zero-order valence-corrected chi connectivity index (χ0v) is 26.0. The highest BCUT2D eigenvalue weighted by atomic mass is 19.4. The first-order valence-electron chi connectivity index (χ1n) is 15.2. The molecule has 9 nitrogen and oxygen atoms in total. The lowest BCUT2D eigenvalue weighted by Crippen LogP contribution is -2.47. The summed E-state index contributed by atoms with van der Waals surface area (Å²) in [6.07, 6.45) is -4.02. The van der Waals surface area contributed by atoms with Crippen molar-refractivity contribution in [2.75, 3.05) is 6.54 Å². The second kappa shape index (κ2) is 14.6. The van der Waals surface area contributed by atoms with Gasteiger partial charge in [-0.05, 0) is 53.9 Å². The summed E-state index contributed by atoms with van der Waals surface area (Å²) in [5.41, 5.74) is 5.05. The summed E-state index contributed by atoms with van der Waals surface area (Å²) in [5.74, 6) is -0.409. The number of aromatic hydroxyl groups is 1. The number of primary amides is 1. The third-order valence-electron chi connectivity index (χ3n) is 7.78. The molecule has 0 saturated carbocycles. The number of aromatic amines is 1. The summed E-state index contributed by atoms with van der Waals surface area (Å²) in [6.45, 7) is 1.98. The van der Waals surface area contributed by atoms with Crippen molar-refractivity contribution in [3.63, 3.8) is 0 Å². The lowest BCUT2D eigenvalue weighted by Gasteiger charge is -2.32. The molecule has 0 aliphatic heterocycles. The summed E-state index contributed by atoms with van der Waals surface area (Å²) in [5, 5.41) is 25.6. The number of halogens is 3. The van der Waals surface area contributed by atoms with Crippen molar-refractivity contribution in [1.82, 2.24) is 15.3 Å². The van der Waals surface area contributed by atoms with Crippen LogP contribution in [-0.4, -0.2) is 38.7 Å². The number of nitrogens with one attached hydrogen (secondary N) is 2. The summed E-state index contributed by atoms with van der Waals surface area (Å²) in [7, 11) is 0. The fourth-order valence-electron chi connectivity index (χ4n) is 5.18. The topological polar surface area (TPSA) is 143 Å². The highest BCUT2D eigenvalue weighted by Gasteiger charge is 2.35. The largest absolute Gasteiger partial charge is 0.508 e. The molecule has 0 aliphatic rings. The monoisotopic (exact) mass is 660 g/mol. The number of phenolic OH excluding ortho intramolecular Hbond substituents is 1. The SMILES string of the molecule is CCC(O)(NCC(Cc1ccccc1)Oc1ccc(OCc2ccccc2)c(C(N)=O)c1)c1cc(-c2nc(C(F)(F)F)c[nH]2)ccc1O. The molecular formula is C36H35F3N4O5. The molecule has 1 aromatic heterocycles. The predicted molar refractivity (Wildman–Crippen MR) is 173 cm³/mol. The van der Waals surface area contributed by atoms with Crippen molar-refractivity contribution >= 4 is 5.91 Å². The van der Waals surface area contributed by atoms with Gasteiger partial charge in [0.05, 0.1) is 5.56 Å². The van der Waals surface area contributed by atoms with E-state index in [4.69, 9.17) is 15.2 Å². The minimum atomic E-state index is -4.64. The zero-order valence-electron chi connectivity index (χ0n) is 26.0. The maximum Gasteiger partial charge on any atom is 0.434 e. The zero-order chi connectivity index (χ0) is 34.3. The van der Waals surface area contributed by atoms with Gasteiger partial charge in [-0.25, -0.2) is 4.98 Å². The van der Waals surface area contributed by atoms with Gasteiger partial charge < -0.3 is 30.4 Å². The second-order valence-corrected chi connectivity index (χ2v) is 11.2. The number of carbonyl (C=O) groups is 1. The van der Waals surface area contributed by atoms with Crippen molar-refractivity contribution in [2.45, 2.75) is 44.4 Å². The summed E-state index contributed by atoms with van der Waals surface area (Å²) in [4.78, 5) is 18.5. The Morgan fingerprint density at radius 3 is 2.29 bits per heavy atom. The fourth-order valence-corrected chi connectivity index (χ4v) is 5.18. The van der Waals surface area contributed by atoms with E-state index in [1.807, 2.05) is 60.7 Å². The third-order valence-corrected chi connectivity index (χ3v) is 7.78. The summed E-state index contributed by atoms with van der Waals surface area (Å²) < 4.78 is 51.7. The van der Waals surface area contributed by atoms with E-state index >= 15 is 0 Å². The quantitative estimate of drug-likeness (QED) is 0.0879. The van der Waals surface area contributed by atoms with E-state index < -0.39 is 29.6 Å². The van der Waals surface area contributed by atoms with Gasteiger partial charge >= 0.3 is 6.18 Å². The number of rotatable bonds is 14. The molecule has 0 bridgehead atoms. The Hall–Kier alpha value is -5.33. The maximum absolute atomic E-state index is 13.2. The molecular weight excluding hydrogens is 625 g/mol. The Balaban J connectivity index is 1.38. The van der Waals surface area contributed by atoms with E-state index in [-0.39, 0.29) is 47.8 Å². The molecule has 12 heteroatoms. The lowest BCUT2D eigenvalue weighted by molar-refractivity contribution is -0.140. The molecule has 0 saturated heterocycles. The van der Waals surface area contributed by atoms with Crippen LogP contribution in [0.25, 0.3) is 11.4 Å².